The average Bonchev–Trinajstić information content (AvgIpc) is 2.15. The van der Waals surface area contributed by atoms with Crippen LogP contribution in [0.25, 0.3) is 0 Å². The van der Waals surface area contributed by atoms with Crippen LogP contribution in [0.5, 0.6) is 5.75 Å². The van der Waals surface area contributed by atoms with Crippen LogP contribution in [0.15, 0.2) is 24.3 Å². The lowest BCUT2D eigenvalue weighted by molar-refractivity contribution is -0.274. The highest BCUT2D eigenvalue weighted by atomic mass is 127. The van der Waals surface area contributed by atoms with Crippen LogP contribution in [0.2, 0.25) is 0 Å². The van der Waals surface area contributed by atoms with Gasteiger partial charge in [-0.15, -0.1) is 13.2 Å². The lowest BCUT2D eigenvalue weighted by Gasteiger charge is -2.08. The van der Waals surface area contributed by atoms with Crippen LogP contribution in [0.3, 0.4) is 0 Å². The second-order valence-corrected chi connectivity index (χ2v) is 3.83. The molecule has 7 heteroatoms. The van der Waals surface area contributed by atoms with Gasteiger partial charge in [-0.2, -0.15) is 0 Å². The fraction of sp³-hybridized carbons (Fsp3) is 0.222. The third kappa shape index (κ3) is 3.95. The molecule has 0 aliphatic rings. The summed E-state index contributed by atoms with van der Waals surface area (Å²) in [6.07, 6.45) is -4.78. The molecule has 1 aromatic carbocycles. The zero-order valence-corrected chi connectivity index (χ0v) is 9.75. The first-order valence-corrected chi connectivity index (χ1v) is 5.22. The molecule has 1 unspecified atom stereocenters. The number of carbonyl (C=O) groups excluding carboxylic acids is 1. The number of hydrogen-bond acceptors (Lipinski definition) is 2. The summed E-state index contributed by atoms with van der Waals surface area (Å²) in [7, 11) is 0. The highest BCUT2D eigenvalue weighted by molar-refractivity contribution is 14.1. The third-order valence-corrected chi connectivity index (χ3v) is 2.14. The Balaban J connectivity index is 2.80. The van der Waals surface area contributed by atoms with Gasteiger partial charge >= 0.3 is 6.36 Å². The zero-order valence-electron chi connectivity index (χ0n) is 7.59. The van der Waals surface area contributed by atoms with Gasteiger partial charge in [0.15, 0.2) is 0 Å². The smallest absolute Gasteiger partial charge is 0.406 e. The molecule has 88 valence electrons. The molecule has 0 bridgehead atoms. The van der Waals surface area contributed by atoms with E-state index in [1.165, 1.54) is 22.6 Å². The SMILES string of the molecule is O=C(c1ccc(OC(F)(F)F)cc1)C(F)I. The Morgan fingerprint density at radius 2 is 1.75 bits per heavy atom. The van der Waals surface area contributed by atoms with Crippen LogP contribution < -0.4 is 4.74 Å². The number of ether oxygens (including phenoxy) is 1. The first-order chi connectivity index (χ1) is 7.29. The Hall–Kier alpha value is -0.860. The summed E-state index contributed by atoms with van der Waals surface area (Å²) in [6, 6.07) is 4.07. The molecule has 0 amide bonds. The third-order valence-electron chi connectivity index (χ3n) is 1.57. The number of hydrogen-bond donors (Lipinski definition) is 0. The second-order valence-electron chi connectivity index (χ2n) is 2.74. The molecule has 1 rings (SSSR count). The van der Waals surface area contributed by atoms with E-state index < -0.39 is 22.1 Å². The molecule has 1 aromatic rings. The molecule has 0 aliphatic carbocycles. The van der Waals surface area contributed by atoms with E-state index in [9.17, 15) is 22.4 Å². The van der Waals surface area contributed by atoms with Crippen molar-refractivity contribution in [3.63, 3.8) is 0 Å². The molecule has 0 saturated carbocycles. The van der Waals surface area contributed by atoms with Crippen molar-refractivity contribution >= 4 is 28.4 Å². The molecule has 0 aliphatic heterocycles. The van der Waals surface area contributed by atoms with Crippen LogP contribution in [-0.2, 0) is 0 Å². The van der Waals surface area contributed by atoms with Crippen molar-refractivity contribution in [2.75, 3.05) is 0 Å². The van der Waals surface area contributed by atoms with E-state index in [0.717, 1.165) is 24.3 Å². The summed E-state index contributed by atoms with van der Waals surface area (Å²) < 4.78 is 49.8. The fourth-order valence-corrected chi connectivity index (χ4v) is 1.31. The Bertz CT molecular complexity index is 372. The van der Waals surface area contributed by atoms with E-state index in [-0.39, 0.29) is 5.56 Å². The van der Waals surface area contributed by atoms with Crippen molar-refractivity contribution in [2.45, 2.75) is 10.5 Å². The first kappa shape index (κ1) is 13.2. The number of carbonyl (C=O) groups is 1. The lowest BCUT2D eigenvalue weighted by atomic mass is 10.1. The number of Topliss-reactive ketones (excluding diaryl/α,β-unsaturated/α-hetero) is 1. The highest BCUT2D eigenvalue weighted by Gasteiger charge is 2.31. The van der Waals surface area contributed by atoms with E-state index in [2.05, 4.69) is 4.74 Å². The summed E-state index contributed by atoms with van der Waals surface area (Å²) in [5, 5.41) is 0. The molecule has 0 saturated heterocycles. The van der Waals surface area contributed by atoms with Gasteiger partial charge in [0, 0.05) is 5.56 Å². The predicted molar refractivity (Wildman–Crippen MR) is 56.4 cm³/mol. The van der Waals surface area contributed by atoms with E-state index >= 15 is 0 Å². The van der Waals surface area contributed by atoms with Crippen LogP contribution in [0.4, 0.5) is 17.6 Å². The molecule has 2 nitrogen and oxygen atoms in total. The normalized spacial score (nSPS) is 13.3. The largest absolute Gasteiger partial charge is 0.573 e. The van der Waals surface area contributed by atoms with Crippen LogP contribution in [-0.4, -0.2) is 16.3 Å². The van der Waals surface area contributed by atoms with Crippen molar-refractivity contribution in [2.24, 2.45) is 0 Å². The van der Waals surface area contributed by atoms with E-state index in [1.54, 1.807) is 0 Å². The van der Waals surface area contributed by atoms with Crippen molar-refractivity contribution in [1.29, 1.82) is 0 Å². The first-order valence-electron chi connectivity index (χ1n) is 3.98. The Labute approximate surface area is 102 Å². The molecule has 0 spiro atoms. The van der Waals surface area contributed by atoms with Gasteiger partial charge in [-0.25, -0.2) is 4.39 Å². The number of rotatable bonds is 3. The molecular weight excluding hydrogens is 343 g/mol. The van der Waals surface area contributed by atoms with Gasteiger partial charge in [-0.05, 0) is 46.9 Å². The van der Waals surface area contributed by atoms with Crippen molar-refractivity contribution in [3.8, 4) is 5.75 Å². The maximum atomic E-state index is 12.6. The number of halogens is 5. The summed E-state index contributed by atoms with van der Waals surface area (Å²) in [5.74, 6) is -1.24. The van der Waals surface area contributed by atoms with Gasteiger partial charge in [0.05, 0.1) is 0 Å². The molecule has 0 N–H and O–H groups in total. The minimum absolute atomic E-state index is 0.00331. The molecule has 0 radical (unpaired) electrons. The van der Waals surface area contributed by atoms with Gasteiger partial charge in [0.1, 0.15) is 5.75 Å². The van der Waals surface area contributed by atoms with Gasteiger partial charge in [0.25, 0.3) is 0 Å². The van der Waals surface area contributed by atoms with Gasteiger partial charge in [0.2, 0.25) is 9.96 Å². The highest BCUT2D eigenvalue weighted by Crippen LogP contribution is 2.23. The number of benzene rings is 1. The quantitative estimate of drug-likeness (QED) is 0.362. The summed E-state index contributed by atoms with van der Waals surface area (Å²) >= 11 is 1.28. The molecule has 0 fully saturated rings. The monoisotopic (exact) mass is 348 g/mol. The standard InChI is InChI=1S/C9H5F4IO2/c10-8(14)7(15)5-1-3-6(4-2-5)16-9(11,12)13/h1-4,8H. The molecule has 16 heavy (non-hydrogen) atoms. The molecule has 1 atom stereocenters. The van der Waals surface area contributed by atoms with Gasteiger partial charge in [-0.3, -0.25) is 4.79 Å². The van der Waals surface area contributed by atoms with Gasteiger partial charge < -0.3 is 4.74 Å². The predicted octanol–water partition coefficient (Wildman–Crippen LogP) is 3.50. The van der Waals surface area contributed by atoms with Crippen LogP contribution in [0, 0.1) is 0 Å². The Morgan fingerprint density at radius 1 is 1.25 bits per heavy atom. The molecule has 0 aromatic heterocycles. The van der Waals surface area contributed by atoms with Crippen LogP contribution in [0.1, 0.15) is 10.4 Å². The zero-order chi connectivity index (χ0) is 12.3. The lowest BCUT2D eigenvalue weighted by Crippen LogP contribution is -2.17. The van der Waals surface area contributed by atoms with Crippen molar-refractivity contribution < 1.29 is 27.1 Å². The maximum Gasteiger partial charge on any atom is 0.573 e. The van der Waals surface area contributed by atoms with Gasteiger partial charge in [-0.1, -0.05) is 0 Å². The Kier molecular flexibility index (Phi) is 4.11. The van der Waals surface area contributed by atoms with Crippen LogP contribution >= 0.6 is 22.6 Å². The molecule has 0 heterocycles. The topological polar surface area (TPSA) is 26.3 Å². The fourth-order valence-electron chi connectivity index (χ4n) is 0.947. The minimum atomic E-state index is -4.78. The van der Waals surface area contributed by atoms with Crippen molar-refractivity contribution in [1.82, 2.24) is 0 Å². The van der Waals surface area contributed by atoms with Crippen molar-refractivity contribution in [3.05, 3.63) is 29.8 Å². The summed E-state index contributed by atoms with van der Waals surface area (Å²) in [4.78, 5) is 11.1. The number of ketones is 1. The summed E-state index contributed by atoms with van der Waals surface area (Å²) in [5.41, 5.74) is -0.00331. The average molecular weight is 348 g/mol. The minimum Gasteiger partial charge on any atom is -0.406 e. The second kappa shape index (κ2) is 4.98. The Morgan fingerprint density at radius 3 is 2.12 bits per heavy atom. The maximum absolute atomic E-state index is 12.6. The van der Waals surface area contributed by atoms with E-state index in [0.29, 0.717) is 0 Å². The summed E-state index contributed by atoms with van der Waals surface area (Å²) in [6.45, 7) is 0. The molecular formula is C9H5F4IO2. The van der Waals surface area contributed by atoms with E-state index in [1.807, 2.05) is 0 Å². The number of alkyl halides is 5. The van der Waals surface area contributed by atoms with E-state index in [4.69, 9.17) is 0 Å².